The molecule has 10 nitrogen and oxygen atoms in total. The van der Waals surface area contributed by atoms with Gasteiger partial charge >= 0.3 is 0 Å². The van der Waals surface area contributed by atoms with E-state index in [4.69, 9.17) is 10.5 Å². The Kier molecular flexibility index (Phi) is 5.73. The number of carbonyl (C=O) groups is 2. The number of hydrogen-bond acceptors (Lipinski definition) is 7. The molecule has 1 atom stereocenters. The van der Waals surface area contributed by atoms with Crippen LogP contribution in [-0.4, -0.2) is 45.1 Å². The molecule has 1 saturated heterocycles. The molecule has 3 N–H and O–H groups in total. The van der Waals surface area contributed by atoms with Gasteiger partial charge in [0, 0.05) is 23.4 Å². The van der Waals surface area contributed by atoms with Gasteiger partial charge in [-0.3, -0.25) is 14.0 Å². The molecule has 2 aromatic heterocycles. The summed E-state index contributed by atoms with van der Waals surface area (Å²) in [7, 11) is 1.55. The first-order valence-corrected chi connectivity index (χ1v) is 11.0. The lowest BCUT2D eigenvalue weighted by molar-refractivity contribution is 0.0997. The quantitative estimate of drug-likeness (QED) is 0.439. The number of fused-ring (bicyclic) bond motifs is 1. The fraction of sp³-hybridized carbons (Fsp3) is 0.208. The molecule has 4 aromatic rings. The van der Waals surface area contributed by atoms with E-state index >= 15 is 0 Å². The number of hydrogen-bond donors (Lipinski definition) is 2. The lowest BCUT2D eigenvalue weighted by Crippen LogP contribution is -2.25. The third-order valence-corrected chi connectivity index (χ3v) is 6.02. The number of ether oxygens (including phenoxy) is 1. The van der Waals surface area contributed by atoms with Crippen molar-refractivity contribution < 1.29 is 18.7 Å². The number of anilines is 2. The van der Waals surface area contributed by atoms with E-state index in [-0.39, 0.29) is 17.7 Å². The van der Waals surface area contributed by atoms with Crippen LogP contribution in [0.2, 0.25) is 0 Å². The smallest absolute Gasteiger partial charge is 0.293 e. The molecular weight excluding hydrogens is 453 g/mol. The average Bonchev–Trinajstić information content (AvgIpc) is 3.51. The number of halogens is 1. The van der Waals surface area contributed by atoms with Gasteiger partial charge in [0.15, 0.2) is 5.65 Å². The maximum absolute atomic E-state index is 14.7. The minimum absolute atomic E-state index is 0.0611. The van der Waals surface area contributed by atoms with Crippen LogP contribution in [0.5, 0.6) is 5.75 Å². The maximum Gasteiger partial charge on any atom is 0.293 e. The molecule has 5 rings (SSSR count). The summed E-state index contributed by atoms with van der Waals surface area (Å²) in [4.78, 5) is 30.7. The van der Waals surface area contributed by atoms with Crippen molar-refractivity contribution in [2.45, 2.75) is 18.9 Å². The van der Waals surface area contributed by atoms with Crippen molar-refractivity contribution in [3.05, 3.63) is 77.6 Å². The highest BCUT2D eigenvalue weighted by atomic mass is 19.1. The number of benzene rings is 2. The van der Waals surface area contributed by atoms with Gasteiger partial charge in [-0.25, -0.2) is 9.37 Å². The van der Waals surface area contributed by atoms with Crippen molar-refractivity contribution in [1.29, 1.82) is 0 Å². The van der Waals surface area contributed by atoms with E-state index < -0.39 is 11.8 Å². The first kappa shape index (κ1) is 22.3. The van der Waals surface area contributed by atoms with Crippen molar-refractivity contribution in [1.82, 2.24) is 19.6 Å². The van der Waals surface area contributed by atoms with E-state index in [9.17, 15) is 14.0 Å². The van der Waals surface area contributed by atoms with Crippen LogP contribution in [0, 0.1) is 5.82 Å². The predicted octanol–water partition coefficient (Wildman–Crippen LogP) is 2.96. The van der Waals surface area contributed by atoms with Gasteiger partial charge in [0.1, 0.15) is 17.4 Å². The van der Waals surface area contributed by atoms with Crippen LogP contribution in [0.1, 0.15) is 45.4 Å². The molecule has 35 heavy (non-hydrogen) atoms. The number of primary amides is 1. The molecule has 0 bridgehead atoms. The third kappa shape index (κ3) is 4.23. The number of methoxy groups -OCH3 is 1. The standard InChI is InChI=1S/C24H22FN7O3/c1-35-16-8-9-18(25)17(11-16)19-3-2-10-31(19)21-13-32-20(12-27-21)29-30-23(32)24(34)28-15-6-4-14(5-7-15)22(26)33/h4-9,11-13,19H,2-3,10H2,1H3,(H2,26,33)(H,28,34)/t19-/m1/s1. The second-order valence-electron chi connectivity index (χ2n) is 8.13. The number of rotatable bonds is 6. The van der Waals surface area contributed by atoms with Crippen LogP contribution in [-0.2, 0) is 0 Å². The molecule has 3 heterocycles. The molecule has 1 aliphatic rings. The van der Waals surface area contributed by atoms with Crippen molar-refractivity contribution >= 4 is 29.0 Å². The molecular formula is C24H22FN7O3. The minimum Gasteiger partial charge on any atom is -0.497 e. The van der Waals surface area contributed by atoms with Crippen molar-refractivity contribution in [3.63, 3.8) is 0 Å². The van der Waals surface area contributed by atoms with Gasteiger partial charge in [-0.15, -0.1) is 10.2 Å². The molecule has 2 aromatic carbocycles. The molecule has 178 valence electrons. The van der Waals surface area contributed by atoms with Crippen LogP contribution in [0.3, 0.4) is 0 Å². The van der Waals surface area contributed by atoms with Crippen LogP contribution >= 0.6 is 0 Å². The molecule has 2 amide bonds. The minimum atomic E-state index is -0.555. The highest BCUT2D eigenvalue weighted by molar-refractivity contribution is 6.02. The predicted molar refractivity (Wildman–Crippen MR) is 126 cm³/mol. The Morgan fingerprint density at radius 3 is 2.71 bits per heavy atom. The summed E-state index contributed by atoms with van der Waals surface area (Å²) < 4.78 is 21.5. The lowest BCUT2D eigenvalue weighted by Gasteiger charge is -2.26. The van der Waals surface area contributed by atoms with Crippen LogP contribution in [0.15, 0.2) is 54.9 Å². The number of nitrogens with one attached hydrogen (secondary N) is 1. The number of nitrogens with zero attached hydrogens (tertiary/aromatic N) is 5. The SMILES string of the molecule is COc1ccc(F)c([C@H]2CCCN2c2cn3c(C(=O)Nc4ccc(C(N)=O)cc4)nnc3cn2)c1. The number of aromatic nitrogens is 4. The van der Waals surface area contributed by atoms with Gasteiger partial charge in [-0.1, -0.05) is 0 Å². The highest BCUT2D eigenvalue weighted by Gasteiger charge is 2.30. The molecule has 0 spiro atoms. The average molecular weight is 475 g/mol. The summed E-state index contributed by atoms with van der Waals surface area (Å²) in [6.07, 6.45) is 4.81. The molecule has 1 fully saturated rings. The zero-order valence-electron chi connectivity index (χ0n) is 18.8. The van der Waals surface area contributed by atoms with E-state index in [0.717, 1.165) is 12.8 Å². The lowest BCUT2D eigenvalue weighted by atomic mass is 10.0. The Labute approximate surface area is 199 Å². The summed E-state index contributed by atoms with van der Waals surface area (Å²) in [5.41, 5.74) is 6.99. The summed E-state index contributed by atoms with van der Waals surface area (Å²) >= 11 is 0. The van der Waals surface area contributed by atoms with Gasteiger partial charge < -0.3 is 20.7 Å². The number of nitrogens with two attached hydrogens (primary N) is 1. The van der Waals surface area contributed by atoms with Gasteiger partial charge in [0.05, 0.1) is 25.5 Å². The molecule has 0 unspecified atom stereocenters. The van der Waals surface area contributed by atoms with Crippen LogP contribution < -0.4 is 20.7 Å². The zero-order chi connectivity index (χ0) is 24.5. The van der Waals surface area contributed by atoms with Gasteiger partial charge in [-0.2, -0.15) is 0 Å². The molecule has 0 aliphatic carbocycles. The molecule has 11 heteroatoms. The second-order valence-corrected chi connectivity index (χ2v) is 8.13. The Hall–Kier alpha value is -4.54. The maximum atomic E-state index is 14.7. The van der Waals surface area contributed by atoms with Crippen molar-refractivity contribution in [3.8, 4) is 5.75 Å². The van der Waals surface area contributed by atoms with Crippen molar-refractivity contribution in [2.24, 2.45) is 5.73 Å². The summed E-state index contributed by atoms with van der Waals surface area (Å²) in [6.45, 7) is 0.676. The fourth-order valence-electron chi connectivity index (χ4n) is 4.27. The van der Waals surface area contributed by atoms with E-state index in [1.165, 1.54) is 24.4 Å². The van der Waals surface area contributed by atoms with Crippen LogP contribution in [0.25, 0.3) is 5.65 Å². The highest BCUT2D eigenvalue weighted by Crippen LogP contribution is 2.37. The first-order valence-electron chi connectivity index (χ1n) is 11.0. The molecule has 1 aliphatic heterocycles. The molecule has 0 saturated carbocycles. The van der Waals surface area contributed by atoms with Gasteiger partial charge in [0.25, 0.3) is 5.91 Å². The van der Waals surface area contributed by atoms with Gasteiger partial charge in [0.2, 0.25) is 11.7 Å². The summed E-state index contributed by atoms with van der Waals surface area (Å²) in [5, 5.41) is 10.8. The molecule has 0 radical (unpaired) electrons. The van der Waals surface area contributed by atoms with Crippen LogP contribution in [0.4, 0.5) is 15.9 Å². The third-order valence-electron chi connectivity index (χ3n) is 6.02. The van der Waals surface area contributed by atoms with E-state index in [1.807, 2.05) is 4.90 Å². The van der Waals surface area contributed by atoms with E-state index in [0.29, 0.717) is 40.6 Å². The van der Waals surface area contributed by atoms with Gasteiger partial charge in [-0.05, 0) is 55.3 Å². The Morgan fingerprint density at radius 2 is 1.97 bits per heavy atom. The number of amides is 2. The summed E-state index contributed by atoms with van der Waals surface area (Å²) in [5.74, 6) is -0.139. The Morgan fingerprint density at radius 1 is 1.17 bits per heavy atom. The second kappa shape index (κ2) is 9.01. The zero-order valence-corrected chi connectivity index (χ0v) is 18.8. The van der Waals surface area contributed by atoms with E-state index in [2.05, 4.69) is 20.5 Å². The Bertz CT molecular complexity index is 1420. The normalized spacial score (nSPS) is 15.4. The van der Waals surface area contributed by atoms with E-state index in [1.54, 1.807) is 42.0 Å². The van der Waals surface area contributed by atoms with Crippen molar-refractivity contribution in [2.75, 3.05) is 23.9 Å². The fourth-order valence-corrected chi connectivity index (χ4v) is 4.27. The first-order chi connectivity index (χ1) is 16.9. The summed E-state index contributed by atoms with van der Waals surface area (Å²) in [6, 6.07) is 10.7. The topological polar surface area (TPSA) is 128 Å². The Balaban J connectivity index is 1.44. The number of carbonyl (C=O) groups excluding carboxylic acids is 2. The largest absolute Gasteiger partial charge is 0.497 e. The monoisotopic (exact) mass is 475 g/mol.